The van der Waals surface area contributed by atoms with Crippen LogP contribution >= 0.6 is 0 Å². The van der Waals surface area contributed by atoms with E-state index in [0.717, 1.165) is 0 Å². The lowest BCUT2D eigenvalue weighted by Gasteiger charge is -2.10. The number of aliphatic hydroxyl groups excluding tert-OH is 2. The highest BCUT2D eigenvalue weighted by molar-refractivity contribution is 5.77. The van der Waals surface area contributed by atoms with E-state index in [1.807, 2.05) is 0 Å². The zero-order valence-electron chi connectivity index (χ0n) is 8.07. The average molecular weight is 200 g/mol. The van der Waals surface area contributed by atoms with Crippen LogP contribution in [-0.4, -0.2) is 35.9 Å². The first kappa shape index (κ1) is 12.9. The molecule has 0 bridgehead atoms. The van der Waals surface area contributed by atoms with Gasteiger partial charge in [-0.15, -0.1) is 0 Å². The van der Waals surface area contributed by atoms with Gasteiger partial charge in [-0.25, -0.2) is 0 Å². The first-order valence-corrected chi connectivity index (χ1v) is 4.60. The molecule has 80 valence electrons. The summed E-state index contributed by atoms with van der Waals surface area (Å²) in [5, 5.41) is 28.2. The van der Waals surface area contributed by atoms with Gasteiger partial charge in [0.2, 0.25) is 5.91 Å². The molecule has 5 heteroatoms. The van der Waals surface area contributed by atoms with Gasteiger partial charge < -0.3 is 15.5 Å². The number of hydrogen-bond acceptors (Lipinski definition) is 4. The molecule has 0 heterocycles. The molecule has 0 saturated carbocycles. The van der Waals surface area contributed by atoms with Gasteiger partial charge in [-0.1, -0.05) is 0 Å². The fraction of sp³-hybridized carbons (Fsp3) is 0.778. The van der Waals surface area contributed by atoms with Crippen LogP contribution in [0.5, 0.6) is 0 Å². The fourth-order valence-corrected chi connectivity index (χ4v) is 0.993. The fourth-order valence-electron chi connectivity index (χ4n) is 0.993. The van der Waals surface area contributed by atoms with Gasteiger partial charge in [0.05, 0.1) is 6.07 Å². The summed E-state index contributed by atoms with van der Waals surface area (Å²) >= 11 is 0. The second kappa shape index (κ2) is 8.48. The van der Waals surface area contributed by atoms with Crippen LogP contribution in [0.2, 0.25) is 0 Å². The normalized spacial score (nSPS) is 9.86. The third-order valence-corrected chi connectivity index (χ3v) is 1.87. The van der Waals surface area contributed by atoms with Crippen LogP contribution in [0.4, 0.5) is 0 Å². The monoisotopic (exact) mass is 200 g/mol. The molecule has 3 N–H and O–H groups in total. The van der Waals surface area contributed by atoms with Crippen molar-refractivity contribution in [1.82, 2.24) is 5.32 Å². The standard InChI is InChI=1S/C9H16N2O3/c10-4-3-9(14)11-5-1-2-8(6-12)7-13/h8,12-13H,1-3,5-7H2,(H,11,14). The number of carbonyl (C=O) groups is 1. The van der Waals surface area contributed by atoms with Crippen LogP contribution in [-0.2, 0) is 4.79 Å². The van der Waals surface area contributed by atoms with Crippen molar-refractivity contribution in [2.75, 3.05) is 19.8 Å². The van der Waals surface area contributed by atoms with Crippen LogP contribution in [0, 0.1) is 17.2 Å². The Morgan fingerprint density at radius 2 is 2.07 bits per heavy atom. The van der Waals surface area contributed by atoms with Crippen molar-refractivity contribution >= 4 is 5.91 Å². The summed E-state index contributed by atoms with van der Waals surface area (Å²) in [5.74, 6) is -0.389. The molecule has 0 rings (SSSR count). The van der Waals surface area contributed by atoms with Gasteiger partial charge in [-0.2, -0.15) is 5.26 Å². The second-order valence-corrected chi connectivity index (χ2v) is 3.06. The minimum Gasteiger partial charge on any atom is -0.396 e. The van der Waals surface area contributed by atoms with Crippen molar-refractivity contribution in [2.24, 2.45) is 5.92 Å². The molecule has 0 aliphatic heterocycles. The summed E-state index contributed by atoms with van der Waals surface area (Å²) in [7, 11) is 0. The average Bonchev–Trinajstić information content (AvgIpc) is 2.19. The highest BCUT2D eigenvalue weighted by atomic mass is 16.3. The molecule has 1 amide bonds. The van der Waals surface area contributed by atoms with Crippen LogP contribution < -0.4 is 5.32 Å². The summed E-state index contributed by atoms with van der Waals surface area (Å²) in [6.45, 7) is 0.405. The maximum atomic E-state index is 10.8. The number of amides is 1. The molecule has 5 nitrogen and oxygen atoms in total. The molecule has 0 radical (unpaired) electrons. The first-order chi connectivity index (χ1) is 6.74. The van der Waals surface area contributed by atoms with Gasteiger partial charge in [-0.3, -0.25) is 4.79 Å². The van der Waals surface area contributed by atoms with Gasteiger partial charge in [0.25, 0.3) is 0 Å². The van der Waals surface area contributed by atoms with E-state index >= 15 is 0 Å². The summed E-state index contributed by atoms with van der Waals surface area (Å²) in [6, 6.07) is 1.75. The number of nitrogens with zero attached hydrogens (tertiary/aromatic N) is 1. The number of nitriles is 1. The largest absolute Gasteiger partial charge is 0.396 e. The molecular formula is C9H16N2O3. The summed E-state index contributed by atoms with van der Waals surface area (Å²) in [6.07, 6.45) is 1.24. The summed E-state index contributed by atoms with van der Waals surface area (Å²) in [5.41, 5.74) is 0. The summed E-state index contributed by atoms with van der Waals surface area (Å²) in [4.78, 5) is 10.8. The second-order valence-electron chi connectivity index (χ2n) is 3.06. The predicted molar refractivity (Wildman–Crippen MR) is 50.1 cm³/mol. The number of carbonyl (C=O) groups excluding carboxylic acids is 1. The van der Waals surface area contributed by atoms with Crippen molar-refractivity contribution in [3.63, 3.8) is 0 Å². The molecule has 14 heavy (non-hydrogen) atoms. The zero-order valence-corrected chi connectivity index (χ0v) is 8.07. The molecule has 0 aliphatic carbocycles. The SMILES string of the molecule is N#CCC(=O)NCCCC(CO)CO. The molecule has 0 fully saturated rings. The summed E-state index contributed by atoms with van der Waals surface area (Å²) < 4.78 is 0. The topological polar surface area (TPSA) is 93.4 Å². The molecule has 0 aromatic rings. The third-order valence-electron chi connectivity index (χ3n) is 1.87. The molecule has 0 aromatic heterocycles. The van der Waals surface area contributed by atoms with E-state index < -0.39 is 0 Å². The first-order valence-electron chi connectivity index (χ1n) is 4.60. The Kier molecular flexibility index (Phi) is 7.80. The van der Waals surface area contributed by atoms with Crippen molar-refractivity contribution in [3.05, 3.63) is 0 Å². The highest BCUT2D eigenvalue weighted by Crippen LogP contribution is 2.03. The Morgan fingerprint density at radius 3 is 2.57 bits per heavy atom. The molecule has 0 aliphatic rings. The Hall–Kier alpha value is -1.12. The lowest BCUT2D eigenvalue weighted by Crippen LogP contribution is -2.24. The van der Waals surface area contributed by atoms with Crippen LogP contribution in [0.1, 0.15) is 19.3 Å². The lowest BCUT2D eigenvalue weighted by atomic mass is 10.1. The number of nitrogens with one attached hydrogen (secondary N) is 1. The van der Waals surface area contributed by atoms with E-state index in [-0.39, 0.29) is 31.5 Å². The van der Waals surface area contributed by atoms with E-state index in [1.54, 1.807) is 6.07 Å². The van der Waals surface area contributed by atoms with Crippen LogP contribution in [0.25, 0.3) is 0 Å². The Balaban J connectivity index is 3.37. The number of rotatable bonds is 7. The van der Waals surface area contributed by atoms with Crippen molar-refractivity contribution < 1.29 is 15.0 Å². The van der Waals surface area contributed by atoms with Crippen molar-refractivity contribution in [3.8, 4) is 6.07 Å². The van der Waals surface area contributed by atoms with Crippen LogP contribution in [0.15, 0.2) is 0 Å². The molecule has 0 aromatic carbocycles. The molecular weight excluding hydrogens is 184 g/mol. The van der Waals surface area contributed by atoms with Gasteiger partial charge in [0, 0.05) is 25.7 Å². The number of hydrogen-bond donors (Lipinski definition) is 3. The zero-order chi connectivity index (χ0) is 10.8. The van der Waals surface area contributed by atoms with Crippen molar-refractivity contribution in [1.29, 1.82) is 5.26 Å². The predicted octanol–water partition coefficient (Wildman–Crippen LogP) is -0.603. The van der Waals surface area contributed by atoms with Crippen molar-refractivity contribution in [2.45, 2.75) is 19.3 Å². The van der Waals surface area contributed by atoms with Crippen LogP contribution in [0.3, 0.4) is 0 Å². The minimum absolute atomic E-state index is 0.0390. The Morgan fingerprint density at radius 1 is 1.43 bits per heavy atom. The van der Waals surface area contributed by atoms with Gasteiger partial charge in [0.1, 0.15) is 6.42 Å². The van der Waals surface area contributed by atoms with E-state index in [2.05, 4.69) is 5.32 Å². The molecule has 0 saturated heterocycles. The molecule has 0 spiro atoms. The van der Waals surface area contributed by atoms with Gasteiger partial charge in [0.15, 0.2) is 0 Å². The Bertz CT molecular complexity index is 197. The lowest BCUT2D eigenvalue weighted by molar-refractivity contribution is -0.120. The Labute approximate surface area is 83.4 Å². The number of aliphatic hydroxyl groups is 2. The third kappa shape index (κ3) is 6.40. The molecule has 0 atom stereocenters. The minimum atomic E-state index is -0.281. The maximum Gasteiger partial charge on any atom is 0.234 e. The van der Waals surface area contributed by atoms with Gasteiger partial charge in [-0.05, 0) is 12.8 Å². The smallest absolute Gasteiger partial charge is 0.234 e. The van der Waals surface area contributed by atoms with E-state index in [9.17, 15) is 4.79 Å². The van der Waals surface area contributed by atoms with E-state index in [0.29, 0.717) is 19.4 Å². The van der Waals surface area contributed by atoms with Gasteiger partial charge >= 0.3 is 0 Å². The maximum absolute atomic E-state index is 10.8. The van der Waals surface area contributed by atoms with E-state index in [1.165, 1.54) is 0 Å². The highest BCUT2D eigenvalue weighted by Gasteiger charge is 2.05. The van der Waals surface area contributed by atoms with E-state index in [4.69, 9.17) is 15.5 Å². The molecule has 0 unspecified atom stereocenters. The quantitative estimate of drug-likeness (QED) is 0.478.